The zero-order valence-electron chi connectivity index (χ0n) is 25.7. The molecule has 3 heterocycles. The third-order valence-corrected chi connectivity index (χ3v) is 9.16. The first-order chi connectivity index (χ1) is 23.9. The molecule has 2 aliphatic heterocycles. The molecule has 10 N–H and O–H groups in total. The fourth-order valence-electron chi connectivity index (χ4n) is 6.86. The van der Waals surface area contributed by atoms with Gasteiger partial charge in [0.25, 0.3) is 0 Å². The van der Waals surface area contributed by atoms with Crippen LogP contribution in [0.25, 0.3) is 33.2 Å². The molecule has 0 bridgehead atoms. The van der Waals surface area contributed by atoms with Gasteiger partial charge in [-0.1, -0.05) is 12.1 Å². The Morgan fingerprint density at radius 1 is 0.520 bits per heavy atom. The van der Waals surface area contributed by atoms with Gasteiger partial charge in [0, 0.05) is 70.5 Å². The smallest absolute Gasteiger partial charge is 0.200 e. The molecule has 0 saturated heterocycles. The number of aliphatic hydroxyl groups is 2. The van der Waals surface area contributed by atoms with Crippen molar-refractivity contribution < 1.29 is 60.5 Å². The highest BCUT2D eigenvalue weighted by Gasteiger charge is 2.40. The van der Waals surface area contributed by atoms with E-state index >= 15 is 0 Å². The molecule has 50 heavy (non-hydrogen) atoms. The van der Waals surface area contributed by atoms with Gasteiger partial charge in [0.05, 0.1) is 28.8 Å². The maximum Gasteiger partial charge on any atom is 0.200 e. The molecule has 1 aromatic heterocycles. The predicted molar refractivity (Wildman–Crippen MR) is 175 cm³/mol. The van der Waals surface area contributed by atoms with E-state index in [1.54, 1.807) is 24.3 Å². The summed E-state index contributed by atoms with van der Waals surface area (Å²) in [5.41, 5.74) is 0.627. The lowest BCUT2D eigenvalue weighted by molar-refractivity contribution is 0.0189. The van der Waals surface area contributed by atoms with Gasteiger partial charge in [0.1, 0.15) is 40.0 Å². The third kappa shape index (κ3) is 4.72. The van der Waals surface area contributed by atoms with Crippen LogP contribution in [-0.2, 0) is 12.8 Å². The van der Waals surface area contributed by atoms with Gasteiger partial charge >= 0.3 is 0 Å². The van der Waals surface area contributed by atoms with Gasteiger partial charge in [-0.25, -0.2) is 9.97 Å². The average molecular weight is 681 g/mol. The summed E-state index contributed by atoms with van der Waals surface area (Å²) in [5, 5.41) is 109. The van der Waals surface area contributed by atoms with Crippen molar-refractivity contribution in [2.45, 2.75) is 37.3 Å². The molecule has 14 nitrogen and oxygen atoms in total. The summed E-state index contributed by atoms with van der Waals surface area (Å²) in [6, 6.07) is 14.0. The van der Waals surface area contributed by atoms with Crippen molar-refractivity contribution in [1.29, 1.82) is 0 Å². The molecule has 4 unspecified atom stereocenters. The molecule has 5 aromatic carbocycles. The van der Waals surface area contributed by atoms with Crippen molar-refractivity contribution in [1.82, 2.24) is 9.97 Å². The Morgan fingerprint density at radius 2 is 1.02 bits per heavy atom. The number of nitrogens with zero attached hydrogens (tertiary/aromatic N) is 2. The highest BCUT2D eigenvalue weighted by Crippen LogP contribution is 2.55. The zero-order valence-corrected chi connectivity index (χ0v) is 25.7. The molecule has 0 spiro atoms. The lowest BCUT2D eigenvalue weighted by Gasteiger charge is -2.35. The van der Waals surface area contributed by atoms with Crippen LogP contribution in [0.5, 0.6) is 57.5 Å². The number of phenolic OH excluding ortho intramolecular Hbond substituents is 8. The summed E-state index contributed by atoms with van der Waals surface area (Å²) in [6.45, 7) is 0. The van der Waals surface area contributed by atoms with Gasteiger partial charge < -0.3 is 60.5 Å². The maximum atomic E-state index is 12.1. The number of para-hydroxylation sites is 2. The van der Waals surface area contributed by atoms with Crippen LogP contribution in [0, 0.1) is 0 Å². The minimum Gasteiger partial charge on any atom is -0.508 e. The monoisotopic (exact) mass is 680 g/mol. The Hall–Kier alpha value is -6.38. The van der Waals surface area contributed by atoms with E-state index in [0.29, 0.717) is 11.0 Å². The maximum absolute atomic E-state index is 12.1. The fourth-order valence-corrected chi connectivity index (χ4v) is 6.86. The van der Waals surface area contributed by atoms with Crippen LogP contribution >= 0.6 is 0 Å². The Bertz CT molecular complexity index is 2400. The molecule has 6 aromatic rings. The van der Waals surface area contributed by atoms with Crippen LogP contribution < -0.4 is 9.47 Å². The molecule has 2 aliphatic rings. The van der Waals surface area contributed by atoms with Crippen molar-refractivity contribution >= 4 is 22.1 Å². The van der Waals surface area contributed by atoms with Crippen molar-refractivity contribution in [3.05, 3.63) is 82.9 Å². The van der Waals surface area contributed by atoms with Gasteiger partial charge in [0.15, 0.2) is 29.5 Å². The minimum atomic E-state index is -1.44. The topological polar surface area (TPSA) is 247 Å². The first-order valence-electron chi connectivity index (χ1n) is 15.4. The standard InChI is InChI=1S/C36H28N2O12/c39-13-5-22(41)15-10-25(44)35(49-27(15)7-13)17-9-21-31(38-20-4-2-1-3-19(20)37-21)33(47)29(17)30-18(12-24(43)32(46)34(30)48)36-26(45)11-16-23(42)6-14(40)8-28(16)50-36/h1-9,12,25-26,35-36,39-48H,10-11H2. The number of phenols is 8. The normalized spacial score (nSPS) is 19.8. The first kappa shape index (κ1) is 30.9. The van der Waals surface area contributed by atoms with E-state index < -0.39 is 47.4 Å². The number of ether oxygens (including phenoxy) is 2. The van der Waals surface area contributed by atoms with Crippen LogP contribution in [0.2, 0.25) is 0 Å². The SMILES string of the molecule is Oc1cc(O)c2c(c1)OC(c1cc(O)c(O)c(O)c1-c1c(C3Oc4cc(O)cc(O)c4CC3O)cc3nc4ccccc4nc3c1O)C(O)C2. The Balaban J connectivity index is 1.42. The minimum absolute atomic E-state index is 0.00296. The molecule has 0 amide bonds. The summed E-state index contributed by atoms with van der Waals surface area (Å²) < 4.78 is 12.2. The molecule has 0 radical (unpaired) electrons. The number of hydrogen-bond donors (Lipinski definition) is 10. The highest BCUT2D eigenvalue weighted by atomic mass is 16.5. The first-order valence-corrected chi connectivity index (χ1v) is 15.4. The molecular formula is C36H28N2O12. The number of benzene rings is 5. The highest BCUT2D eigenvalue weighted by molar-refractivity contribution is 5.98. The Labute approximate surface area is 281 Å². The van der Waals surface area contributed by atoms with Gasteiger partial charge in [-0.15, -0.1) is 0 Å². The van der Waals surface area contributed by atoms with Crippen molar-refractivity contribution in [2.75, 3.05) is 0 Å². The van der Waals surface area contributed by atoms with Gasteiger partial charge in [-0.05, 0) is 24.3 Å². The average Bonchev–Trinajstić information content (AvgIpc) is 3.07. The largest absolute Gasteiger partial charge is 0.508 e. The molecule has 4 atom stereocenters. The van der Waals surface area contributed by atoms with Gasteiger partial charge in [0.2, 0.25) is 5.75 Å². The lowest BCUT2D eigenvalue weighted by atomic mass is 9.83. The van der Waals surface area contributed by atoms with E-state index in [9.17, 15) is 51.1 Å². The number of fused-ring (bicyclic) bond motifs is 4. The second-order valence-corrected chi connectivity index (χ2v) is 12.3. The van der Waals surface area contributed by atoms with Gasteiger partial charge in [-0.2, -0.15) is 0 Å². The number of aromatic nitrogens is 2. The molecule has 254 valence electrons. The van der Waals surface area contributed by atoms with Crippen LogP contribution in [0.4, 0.5) is 0 Å². The fraction of sp³-hybridized carbons (Fsp3) is 0.167. The predicted octanol–water partition coefficient (Wildman–Crippen LogP) is 4.17. The Kier molecular flexibility index (Phi) is 6.85. The second-order valence-electron chi connectivity index (χ2n) is 12.3. The molecular weight excluding hydrogens is 652 g/mol. The Morgan fingerprint density at radius 3 is 1.58 bits per heavy atom. The van der Waals surface area contributed by atoms with Crippen molar-refractivity contribution in [3.8, 4) is 68.6 Å². The van der Waals surface area contributed by atoms with Crippen LogP contribution in [0.3, 0.4) is 0 Å². The molecule has 0 saturated carbocycles. The summed E-state index contributed by atoms with van der Waals surface area (Å²) in [7, 11) is 0. The third-order valence-electron chi connectivity index (χ3n) is 9.16. The zero-order chi connectivity index (χ0) is 35.2. The number of aliphatic hydroxyl groups excluding tert-OH is 2. The van der Waals surface area contributed by atoms with E-state index in [1.807, 2.05) is 0 Å². The molecule has 8 rings (SSSR count). The second kappa shape index (κ2) is 11.1. The quantitative estimate of drug-likeness (QED) is 0.0931. The summed E-state index contributed by atoms with van der Waals surface area (Å²) in [4.78, 5) is 9.23. The van der Waals surface area contributed by atoms with Crippen molar-refractivity contribution in [2.24, 2.45) is 0 Å². The van der Waals surface area contributed by atoms with E-state index in [-0.39, 0.29) is 91.8 Å². The van der Waals surface area contributed by atoms with E-state index in [4.69, 9.17) is 9.47 Å². The van der Waals surface area contributed by atoms with E-state index in [2.05, 4.69) is 9.97 Å². The van der Waals surface area contributed by atoms with Crippen molar-refractivity contribution in [3.63, 3.8) is 0 Å². The number of hydrogen-bond acceptors (Lipinski definition) is 14. The summed E-state index contributed by atoms with van der Waals surface area (Å²) in [5.74, 6) is -4.62. The summed E-state index contributed by atoms with van der Waals surface area (Å²) >= 11 is 0. The number of rotatable bonds is 3. The lowest BCUT2D eigenvalue weighted by Crippen LogP contribution is -2.32. The van der Waals surface area contributed by atoms with Crippen LogP contribution in [-0.4, -0.2) is 73.2 Å². The van der Waals surface area contributed by atoms with E-state index in [1.165, 1.54) is 18.2 Å². The van der Waals surface area contributed by atoms with Crippen LogP contribution in [0.1, 0.15) is 34.5 Å². The molecule has 14 heteroatoms. The van der Waals surface area contributed by atoms with Crippen LogP contribution in [0.15, 0.2) is 60.7 Å². The van der Waals surface area contributed by atoms with E-state index in [0.717, 1.165) is 18.2 Å². The summed E-state index contributed by atoms with van der Waals surface area (Å²) in [6.07, 6.45) is -6.00. The molecule has 0 aliphatic carbocycles. The van der Waals surface area contributed by atoms with Gasteiger partial charge in [-0.3, -0.25) is 0 Å². The molecule has 0 fully saturated rings. The number of aromatic hydroxyl groups is 8.